The van der Waals surface area contributed by atoms with Gasteiger partial charge in [-0.1, -0.05) is 0 Å². The van der Waals surface area contributed by atoms with Gasteiger partial charge >= 0.3 is 0 Å². The summed E-state index contributed by atoms with van der Waals surface area (Å²) < 4.78 is 33.5. The van der Waals surface area contributed by atoms with Gasteiger partial charge in [0.25, 0.3) is 0 Å². The average Bonchev–Trinajstić information content (AvgIpc) is 2.40. The zero-order valence-electron chi connectivity index (χ0n) is 24.0. The predicted molar refractivity (Wildman–Crippen MR) is 138 cm³/mol. The van der Waals surface area contributed by atoms with Crippen LogP contribution < -0.4 is 5.06 Å². The van der Waals surface area contributed by atoms with Gasteiger partial charge in [-0.3, -0.25) is 4.21 Å². The highest BCUT2D eigenvalue weighted by Gasteiger charge is 2.39. The van der Waals surface area contributed by atoms with Gasteiger partial charge in [-0.05, 0) is 125 Å². The molecular formula is C24H56NO4S2+. The van der Waals surface area contributed by atoms with Crippen LogP contribution in [0, 0.1) is 0 Å². The van der Waals surface area contributed by atoms with Crippen LogP contribution in [-0.4, -0.2) is 47.9 Å². The third kappa shape index (κ3) is 13.3. The fourth-order valence-corrected chi connectivity index (χ4v) is 6.64. The van der Waals surface area contributed by atoms with Gasteiger partial charge in [0.2, 0.25) is 0 Å². The molecule has 0 saturated heterocycles. The molecule has 0 aromatic rings. The van der Waals surface area contributed by atoms with Crippen LogP contribution in [0.5, 0.6) is 0 Å². The lowest BCUT2D eigenvalue weighted by molar-refractivity contribution is -1.16. The molecule has 0 fully saturated rings. The molecule has 31 heavy (non-hydrogen) atoms. The zero-order chi connectivity index (χ0) is 26.7. The third-order valence-electron chi connectivity index (χ3n) is 4.15. The summed E-state index contributed by atoms with van der Waals surface area (Å²) in [5, 5.41) is 10.2. The number of rotatable bonds is 0. The van der Waals surface area contributed by atoms with Crippen molar-refractivity contribution in [1.29, 1.82) is 0 Å². The molecule has 0 spiro atoms. The number of hydrogen-bond donors (Lipinski definition) is 2. The van der Waals surface area contributed by atoms with Crippen molar-refractivity contribution in [3.05, 3.63) is 0 Å². The Bertz CT molecular complexity index is 605. The number of hydrogen-bond acceptors (Lipinski definition) is 4. The molecule has 0 aromatic heterocycles. The van der Waals surface area contributed by atoms with Gasteiger partial charge in [0.15, 0.2) is 9.84 Å². The first-order valence-corrected chi connectivity index (χ1v) is 13.7. The summed E-state index contributed by atoms with van der Waals surface area (Å²) in [6, 6.07) is 0. The molecule has 0 amide bonds. The predicted octanol–water partition coefficient (Wildman–Crippen LogP) is 5.19. The van der Waals surface area contributed by atoms with Crippen molar-refractivity contribution >= 4 is 20.6 Å². The average molecular weight is 487 g/mol. The van der Waals surface area contributed by atoms with Crippen molar-refractivity contribution in [2.75, 3.05) is 0 Å². The molecule has 0 aliphatic heterocycles. The Labute approximate surface area is 198 Å². The highest BCUT2D eigenvalue weighted by molar-refractivity contribution is 7.94. The summed E-state index contributed by atoms with van der Waals surface area (Å²) in [6.07, 6.45) is 0. The van der Waals surface area contributed by atoms with E-state index in [1.165, 1.54) is 0 Å². The summed E-state index contributed by atoms with van der Waals surface area (Å²) in [4.78, 5) is 0. The number of hydroxylamine groups is 2. The van der Waals surface area contributed by atoms with Crippen LogP contribution >= 0.6 is 0 Å². The minimum Gasteiger partial charge on any atom is -0.258 e. The molecule has 0 radical (unpaired) electrons. The van der Waals surface area contributed by atoms with Gasteiger partial charge in [-0.15, -0.1) is 0 Å². The maximum Gasteiger partial charge on any atom is 0.160 e. The van der Waals surface area contributed by atoms with E-state index in [4.69, 9.17) is 0 Å². The molecule has 0 bridgehead atoms. The topological polar surface area (TPSA) is 75.9 Å². The first-order chi connectivity index (χ1) is 12.8. The highest BCUT2D eigenvalue weighted by atomic mass is 32.2. The number of sulfone groups is 1. The van der Waals surface area contributed by atoms with Gasteiger partial charge < -0.3 is 0 Å². The van der Waals surface area contributed by atoms with Gasteiger partial charge in [-0.2, -0.15) is 5.06 Å². The third-order valence-corrected chi connectivity index (χ3v) is 9.60. The van der Waals surface area contributed by atoms with Crippen LogP contribution in [0.3, 0.4) is 0 Å². The van der Waals surface area contributed by atoms with Gasteiger partial charge in [0, 0.05) is 20.3 Å². The van der Waals surface area contributed by atoms with Gasteiger partial charge in [0.05, 0.1) is 9.49 Å². The van der Waals surface area contributed by atoms with E-state index >= 15 is 0 Å². The first kappa shape index (κ1) is 35.6. The Morgan fingerprint density at radius 3 is 0.742 bits per heavy atom. The Morgan fingerprint density at radius 2 is 0.742 bits per heavy atom. The maximum absolute atomic E-state index is 11.7. The Balaban J connectivity index is -0.000000380. The van der Waals surface area contributed by atoms with Crippen molar-refractivity contribution in [3.63, 3.8) is 0 Å². The Morgan fingerprint density at radius 1 is 0.548 bits per heavy atom. The first-order valence-electron chi connectivity index (χ1n) is 11.0. The summed E-state index contributed by atoms with van der Waals surface area (Å²) in [6.45, 7) is 34.6. The van der Waals surface area contributed by atoms with Gasteiger partial charge in [-0.25, -0.2) is 13.6 Å². The van der Waals surface area contributed by atoms with Crippen LogP contribution in [-0.2, 0) is 20.6 Å². The highest BCUT2D eigenvalue weighted by Crippen LogP contribution is 2.28. The van der Waals surface area contributed by atoms with Gasteiger partial charge in [0.1, 0.15) is 11.1 Å². The van der Waals surface area contributed by atoms with E-state index in [1.807, 2.05) is 83.1 Å². The van der Waals surface area contributed by atoms with Crippen molar-refractivity contribution in [2.45, 2.75) is 155 Å². The molecule has 192 valence electrons. The lowest BCUT2D eigenvalue weighted by atomic mass is 10.0. The number of nitrogens with one attached hydrogen (secondary N) is 1. The van der Waals surface area contributed by atoms with E-state index in [0.29, 0.717) is 5.06 Å². The zero-order valence-corrected chi connectivity index (χ0v) is 25.6. The lowest BCUT2D eigenvalue weighted by Crippen LogP contribution is -3.23. The van der Waals surface area contributed by atoms with E-state index in [9.17, 15) is 17.8 Å². The van der Waals surface area contributed by atoms with Crippen molar-refractivity contribution < 1.29 is 22.9 Å². The summed E-state index contributed by atoms with van der Waals surface area (Å²) in [5.74, 6) is 0. The fraction of sp³-hybridized carbons (Fsp3) is 1.00. The fourth-order valence-electron chi connectivity index (χ4n) is 2.96. The molecular weight excluding hydrogens is 430 g/mol. The summed E-state index contributed by atoms with van der Waals surface area (Å²) >= 11 is 0. The normalized spacial score (nSPS) is 14.6. The molecule has 2 N–H and O–H groups in total. The largest absolute Gasteiger partial charge is 0.258 e. The summed E-state index contributed by atoms with van der Waals surface area (Å²) in [5.41, 5.74) is -0.170. The molecule has 0 aromatic carbocycles. The molecule has 0 unspecified atom stereocenters. The monoisotopic (exact) mass is 486 g/mol. The van der Waals surface area contributed by atoms with Crippen LogP contribution in [0.15, 0.2) is 0 Å². The number of quaternary nitrogens is 1. The van der Waals surface area contributed by atoms with E-state index in [0.717, 1.165) is 0 Å². The SMILES string of the molecule is CC(C)(C)S(=O)(=O)C(C)(C)C.CC(C)(C)S(=O)C(C)(C)C.CC(C)(C)[NH+](O)C(C)(C)C. The van der Waals surface area contributed by atoms with Crippen LogP contribution in [0.25, 0.3) is 0 Å². The maximum atomic E-state index is 11.7. The van der Waals surface area contributed by atoms with Crippen LogP contribution in [0.2, 0.25) is 0 Å². The molecule has 0 aliphatic rings. The van der Waals surface area contributed by atoms with Crippen molar-refractivity contribution in [3.8, 4) is 0 Å². The second-order valence-corrected chi connectivity index (χ2v) is 20.5. The molecule has 7 heteroatoms. The van der Waals surface area contributed by atoms with Crippen molar-refractivity contribution in [1.82, 2.24) is 0 Å². The van der Waals surface area contributed by atoms with E-state index < -0.39 is 30.1 Å². The Kier molecular flexibility index (Phi) is 12.6. The second-order valence-electron chi connectivity index (χ2n) is 14.1. The molecule has 0 atom stereocenters. The minimum atomic E-state index is -3.01. The molecule has 5 nitrogen and oxygen atoms in total. The standard InChI is InChI=1S/C8H19NO.C8H18O2S.C8H18OS/c1-7(2,3)9(10)8(4,5)6;1-7(2,3)11(9,10)8(4,5)6;1-7(2,3)10(9)8(4,5)6/h10H,1-6H3;1-6H3;1-6H3/p+1. The van der Waals surface area contributed by atoms with Crippen molar-refractivity contribution in [2.24, 2.45) is 0 Å². The molecule has 0 heterocycles. The van der Waals surface area contributed by atoms with Crippen LogP contribution in [0.4, 0.5) is 0 Å². The lowest BCUT2D eigenvalue weighted by Gasteiger charge is -2.34. The van der Waals surface area contributed by atoms with Crippen LogP contribution in [0.1, 0.15) is 125 Å². The minimum absolute atomic E-state index is 0.0851. The smallest absolute Gasteiger partial charge is 0.160 e. The van der Waals surface area contributed by atoms with E-state index in [-0.39, 0.29) is 20.6 Å². The quantitative estimate of drug-likeness (QED) is 0.462. The molecule has 0 rings (SSSR count). The summed E-state index contributed by atoms with van der Waals surface area (Å²) in [7, 11) is -3.77. The van der Waals surface area contributed by atoms with E-state index in [2.05, 4.69) is 0 Å². The van der Waals surface area contributed by atoms with E-state index in [1.54, 1.807) is 41.5 Å². The molecule has 0 saturated carbocycles. The Hall–Kier alpha value is 0.0200. The molecule has 0 aliphatic carbocycles. The second kappa shape index (κ2) is 11.0.